The van der Waals surface area contributed by atoms with Gasteiger partial charge in [0.25, 0.3) is 5.56 Å². The molecule has 12 heteroatoms. The summed E-state index contributed by atoms with van der Waals surface area (Å²) in [5.41, 5.74) is 2.50. The van der Waals surface area contributed by atoms with E-state index in [1.165, 1.54) is 36.2 Å². The standard InChI is InChI=1S/C34H31BrN2O8S/c1-18(2)45-33(41)29-19(3)36-34-37(30(29)24-16-23(35)10-12-25(24)42-4)31(38)28(46-34)15-20-9-11-26(27(14-20)43-5)44-17-21-7-6-8-22(13-21)32(39)40/h6-16,18,30H,17H2,1-5H3,(H,39,40)/b28-15-/t30-/m0/s1. The van der Waals surface area contributed by atoms with Gasteiger partial charge in [-0.2, -0.15) is 0 Å². The number of ether oxygens (including phenoxy) is 4. The number of hydrogen-bond acceptors (Lipinski definition) is 9. The number of benzene rings is 3. The third-order valence-electron chi connectivity index (χ3n) is 7.12. The molecule has 0 spiro atoms. The summed E-state index contributed by atoms with van der Waals surface area (Å²) < 4.78 is 25.4. The van der Waals surface area contributed by atoms with Gasteiger partial charge >= 0.3 is 11.9 Å². The Kier molecular flexibility index (Phi) is 9.78. The normalized spacial score (nSPS) is 14.5. The molecule has 1 N–H and O–H groups in total. The molecule has 4 aromatic rings. The van der Waals surface area contributed by atoms with Crippen molar-refractivity contribution in [3.05, 3.63) is 118 Å². The molecule has 1 aromatic heterocycles. The lowest BCUT2D eigenvalue weighted by molar-refractivity contribution is -0.143. The number of halogens is 1. The number of rotatable bonds is 10. The summed E-state index contributed by atoms with van der Waals surface area (Å²) in [5, 5.41) is 9.27. The van der Waals surface area contributed by atoms with Crippen LogP contribution in [-0.4, -0.2) is 41.9 Å². The average molecular weight is 708 g/mol. The van der Waals surface area contributed by atoms with Crippen LogP contribution in [0.25, 0.3) is 6.08 Å². The summed E-state index contributed by atoms with van der Waals surface area (Å²) >= 11 is 4.72. The number of aromatic nitrogens is 1. The highest BCUT2D eigenvalue weighted by molar-refractivity contribution is 9.10. The summed E-state index contributed by atoms with van der Waals surface area (Å²) in [7, 11) is 3.05. The van der Waals surface area contributed by atoms with Crippen LogP contribution in [0, 0.1) is 0 Å². The number of thiazole rings is 1. The molecule has 0 aliphatic carbocycles. The quantitative estimate of drug-likeness (QED) is 0.222. The summed E-state index contributed by atoms with van der Waals surface area (Å²) in [4.78, 5) is 43.9. The number of fused-ring (bicyclic) bond motifs is 1. The first kappa shape index (κ1) is 32.7. The van der Waals surface area contributed by atoms with Crippen molar-refractivity contribution in [2.75, 3.05) is 14.2 Å². The summed E-state index contributed by atoms with van der Waals surface area (Å²) in [5.74, 6) is -0.192. The number of nitrogens with zero attached hydrogens (tertiary/aromatic N) is 2. The molecular formula is C34H31BrN2O8S. The van der Waals surface area contributed by atoms with Gasteiger partial charge < -0.3 is 24.1 Å². The second kappa shape index (κ2) is 13.8. The van der Waals surface area contributed by atoms with Gasteiger partial charge in [-0.05, 0) is 80.4 Å². The van der Waals surface area contributed by atoms with Crippen LogP contribution >= 0.6 is 27.3 Å². The van der Waals surface area contributed by atoms with Crippen LogP contribution < -0.4 is 29.1 Å². The third kappa shape index (κ3) is 6.77. The highest BCUT2D eigenvalue weighted by Crippen LogP contribution is 2.37. The number of carbonyl (C=O) groups excluding carboxylic acids is 1. The maximum atomic E-state index is 14.1. The van der Waals surface area contributed by atoms with Crippen molar-refractivity contribution in [3.8, 4) is 17.2 Å². The first-order chi connectivity index (χ1) is 22.0. The Morgan fingerprint density at radius 1 is 1.04 bits per heavy atom. The van der Waals surface area contributed by atoms with Crippen molar-refractivity contribution in [2.45, 2.75) is 39.5 Å². The molecule has 0 saturated heterocycles. The first-order valence-corrected chi connectivity index (χ1v) is 15.8. The molecule has 0 radical (unpaired) electrons. The predicted molar refractivity (Wildman–Crippen MR) is 176 cm³/mol. The summed E-state index contributed by atoms with van der Waals surface area (Å²) in [6.45, 7) is 5.39. The summed E-state index contributed by atoms with van der Waals surface area (Å²) in [6, 6.07) is 16.3. The smallest absolute Gasteiger partial charge is 0.338 e. The Balaban J connectivity index is 1.56. The van der Waals surface area contributed by atoms with Crippen molar-refractivity contribution < 1.29 is 33.6 Å². The molecule has 0 fully saturated rings. The van der Waals surface area contributed by atoms with Crippen molar-refractivity contribution in [1.29, 1.82) is 0 Å². The van der Waals surface area contributed by atoms with Gasteiger partial charge in [0.2, 0.25) is 0 Å². The number of allylic oxidation sites excluding steroid dienone is 1. The monoisotopic (exact) mass is 706 g/mol. The fraction of sp³-hybridized carbons (Fsp3) is 0.235. The van der Waals surface area contributed by atoms with Crippen LogP contribution in [0.15, 0.2) is 86.2 Å². The molecule has 0 saturated carbocycles. The Morgan fingerprint density at radius 3 is 2.48 bits per heavy atom. The number of carbonyl (C=O) groups is 2. The number of methoxy groups -OCH3 is 2. The molecule has 2 heterocycles. The molecular weight excluding hydrogens is 676 g/mol. The van der Waals surface area contributed by atoms with Crippen LogP contribution in [0.1, 0.15) is 53.9 Å². The zero-order valence-corrected chi connectivity index (χ0v) is 28.1. The molecule has 46 heavy (non-hydrogen) atoms. The van der Waals surface area contributed by atoms with E-state index in [-0.39, 0.29) is 29.4 Å². The van der Waals surface area contributed by atoms with E-state index >= 15 is 0 Å². The van der Waals surface area contributed by atoms with Crippen LogP contribution in [0.4, 0.5) is 0 Å². The molecule has 0 amide bonds. The Labute approximate surface area is 277 Å². The molecule has 0 bridgehead atoms. The predicted octanol–water partition coefficient (Wildman–Crippen LogP) is 5.24. The van der Waals surface area contributed by atoms with Gasteiger partial charge in [-0.1, -0.05) is 45.5 Å². The minimum atomic E-state index is -1.02. The Bertz CT molecular complexity index is 2050. The van der Waals surface area contributed by atoms with E-state index in [0.717, 1.165) is 4.47 Å². The fourth-order valence-corrected chi connectivity index (χ4v) is 6.50. The molecule has 1 aliphatic heterocycles. The lowest BCUT2D eigenvalue weighted by atomic mass is 9.95. The number of hydrogen-bond donors (Lipinski definition) is 1. The Hall–Kier alpha value is -4.68. The zero-order chi connectivity index (χ0) is 33.1. The maximum absolute atomic E-state index is 14.1. The van der Waals surface area contributed by atoms with Gasteiger partial charge in [0, 0.05) is 10.0 Å². The SMILES string of the molecule is COc1cc(/C=c2\sc3n(c2=O)[C@@H](c2cc(Br)ccc2OC)C(C(=O)OC(C)C)=C(C)N=3)ccc1OCc1cccc(C(=O)O)c1. The molecule has 0 unspecified atom stereocenters. The topological polar surface area (TPSA) is 126 Å². The number of aromatic carboxylic acids is 1. The number of carboxylic acid groups (broad SMARTS) is 1. The van der Waals surface area contributed by atoms with Crippen LogP contribution in [0.2, 0.25) is 0 Å². The van der Waals surface area contributed by atoms with E-state index in [4.69, 9.17) is 18.9 Å². The number of carboxylic acids is 1. The molecule has 1 atom stereocenters. The van der Waals surface area contributed by atoms with Crippen molar-refractivity contribution in [1.82, 2.24) is 4.57 Å². The van der Waals surface area contributed by atoms with E-state index in [1.54, 1.807) is 69.3 Å². The second-order valence-electron chi connectivity index (χ2n) is 10.6. The van der Waals surface area contributed by atoms with Gasteiger partial charge in [0.1, 0.15) is 18.4 Å². The lowest BCUT2D eigenvalue weighted by Gasteiger charge is -2.26. The van der Waals surface area contributed by atoms with E-state index < -0.39 is 18.0 Å². The fourth-order valence-electron chi connectivity index (χ4n) is 5.07. The minimum Gasteiger partial charge on any atom is -0.496 e. The zero-order valence-electron chi connectivity index (χ0n) is 25.7. The van der Waals surface area contributed by atoms with Crippen molar-refractivity contribution in [3.63, 3.8) is 0 Å². The second-order valence-corrected chi connectivity index (χ2v) is 12.6. The highest BCUT2D eigenvalue weighted by Gasteiger charge is 2.35. The number of esters is 1. The maximum Gasteiger partial charge on any atom is 0.338 e. The van der Waals surface area contributed by atoms with E-state index in [1.807, 2.05) is 12.1 Å². The van der Waals surface area contributed by atoms with Gasteiger partial charge in [0.15, 0.2) is 16.3 Å². The van der Waals surface area contributed by atoms with Crippen LogP contribution in [0.3, 0.4) is 0 Å². The van der Waals surface area contributed by atoms with Crippen molar-refractivity contribution in [2.24, 2.45) is 4.99 Å². The molecule has 5 rings (SSSR count). The van der Waals surface area contributed by atoms with Crippen LogP contribution in [0.5, 0.6) is 17.2 Å². The van der Waals surface area contributed by atoms with Crippen molar-refractivity contribution >= 4 is 45.3 Å². The van der Waals surface area contributed by atoms with Gasteiger partial charge in [-0.25, -0.2) is 14.6 Å². The van der Waals surface area contributed by atoms with E-state index in [0.29, 0.717) is 49.0 Å². The molecule has 1 aliphatic rings. The molecule has 3 aromatic carbocycles. The highest BCUT2D eigenvalue weighted by atomic mass is 79.9. The minimum absolute atomic E-state index is 0.134. The van der Waals surface area contributed by atoms with Gasteiger partial charge in [-0.3, -0.25) is 9.36 Å². The van der Waals surface area contributed by atoms with E-state index in [2.05, 4.69) is 20.9 Å². The van der Waals surface area contributed by atoms with Gasteiger partial charge in [-0.15, -0.1) is 0 Å². The van der Waals surface area contributed by atoms with Gasteiger partial charge in [0.05, 0.1) is 41.7 Å². The first-order valence-electron chi connectivity index (χ1n) is 14.2. The van der Waals surface area contributed by atoms with E-state index in [9.17, 15) is 19.5 Å². The average Bonchev–Trinajstić information content (AvgIpc) is 3.32. The van der Waals surface area contributed by atoms with Crippen LogP contribution in [-0.2, 0) is 16.1 Å². The summed E-state index contributed by atoms with van der Waals surface area (Å²) in [6.07, 6.45) is 1.35. The third-order valence-corrected chi connectivity index (χ3v) is 8.60. The lowest BCUT2D eigenvalue weighted by Crippen LogP contribution is -2.40. The largest absolute Gasteiger partial charge is 0.496 e. The molecule has 238 valence electrons. The Morgan fingerprint density at radius 2 is 1.78 bits per heavy atom. The molecule has 10 nitrogen and oxygen atoms in total.